The van der Waals surface area contributed by atoms with Crippen molar-refractivity contribution in [2.75, 3.05) is 13.1 Å². The van der Waals surface area contributed by atoms with Crippen LogP contribution in [-0.4, -0.2) is 35.1 Å². The molecule has 2 atom stereocenters. The van der Waals surface area contributed by atoms with Gasteiger partial charge in [0.1, 0.15) is 5.41 Å². The molecule has 0 spiro atoms. The molecule has 0 aromatic heterocycles. The van der Waals surface area contributed by atoms with Crippen LogP contribution in [0.1, 0.15) is 52.5 Å². The van der Waals surface area contributed by atoms with Crippen molar-refractivity contribution >= 4 is 18.4 Å². The van der Waals surface area contributed by atoms with Crippen LogP contribution in [0, 0.1) is 0 Å². The number of unbranched alkanes of at least 4 members (excludes halogenated alkanes) is 1. The molecule has 22 heavy (non-hydrogen) atoms. The topological polar surface area (TPSA) is 40.5 Å². The molecule has 0 heterocycles. The quantitative estimate of drug-likeness (QED) is 0.733. The molecular weight excluding hydrogens is 298 g/mol. The summed E-state index contributed by atoms with van der Waals surface area (Å²) in [6, 6.07) is 9.71. The molecule has 2 unspecified atom stereocenters. The first kappa shape index (κ1) is 20.9. The maximum absolute atomic E-state index is 12.3. The van der Waals surface area contributed by atoms with Crippen LogP contribution in [0.4, 0.5) is 0 Å². The Labute approximate surface area is 141 Å². The van der Waals surface area contributed by atoms with Crippen LogP contribution in [0.5, 0.6) is 0 Å². The van der Waals surface area contributed by atoms with E-state index >= 15 is 0 Å². The van der Waals surface area contributed by atoms with E-state index in [4.69, 9.17) is 0 Å². The number of halogens is 1. The van der Waals surface area contributed by atoms with Crippen molar-refractivity contribution in [1.82, 2.24) is 4.90 Å². The Morgan fingerprint density at radius 1 is 1.18 bits per heavy atom. The van der Waals surface area contributed by atoms with E-state index in [9.17, 15) is 9.90 Å². The minimum absolute atomic E-state index is 0. The van der Waals surface area contributed by atoms with Gasteiger partial charge in [0.15, 0.2) is 0 Å². The second-order valence-electron chi connectivity index (χ2n) is 5.64. The first-order chi connectivity index (χ1) is 10.0. The van der Waals surface area contributed by atoms with Crippen molar-refractivity contribution in [2.24, 2.45) is 0 Å². The summed E-state index contributed by atoms with van der Waals surface area (Å²) >= 11 is 0. The average molecular weight is 328 g/mol. The van der Waals surface area contributed by atoms with Crippen LogP contribution in [-0.2, 0) is 10.2 Å². The molecule has 0 bridgehead atoms. The first-order valence-electron chi connectivity index (χ1n) is 8.07. The normalized spacial score (nSPS) is 15.0. The van der Waals surface area contributed by atoms with Crippen molar-refractivity contribution < 1.29 is 9.90 Å². The fraction of sp³-hybridized carbons (Fsp3) is 0.611. The zero-order valence-electron chi connectivity index (χ0n) is 14.2. The fourth-order valence-corrected chi connectivity index (χ4v) is 3.28. The third kappa shape index (κ3) is 4.23. The van der Waals surface area contributed by atoms with E-state index in [0.717, 1.165) is 31.5 Å². The SMILES string of the molecule is CCCCC(C(=O)O)(c1ccccc1)C(C)N(CC)CC.Cl. The summed E-state index contributed by atoms with van der Waals surface area (Å²) in [6.07, 6.45) is 2.61. The standard InChI is InChI=1S/C18H29NO2.ClH/c1-5-8-14-18(17(20)21,15(4)19(6-2)7-3)16-12-10-9-11-13-16;/h9-13,15H,5-8,14H2,1-4H3,(H,20,21);1H. The van der Waals surface area contributed by atoms with E-state index < -0.39 is 11.4 Å². The van der Waals surface area contributed by atoms with Crippen molar-refractivity contribution in [3.63, 3.8) is 0 Å². The van der Waals surface area contributed by atoms with Gasteiger partial charge in [0.2, 0.25) is 0 Å². The summed E-state index contributed by atoms with van der Waals surface area (Å²) in [5, 5.41) is 10.1. The summed E-state index contributed by atoms with van der Waals surface area (Å²) < 4.78 is 0. The number of carboxylic acid groups (broad SMARTS) is 1. The van der Waals surface area contributed by atoms with E-state index in [1.165, 1.54) is 0 Å². The third-order valence-electron chi connectivity index (χ3n) is 4.67. The van der Waals surface area contributed by atoms with E-state index in [0.29, 0.717) is 6.42 Å². The number of hydrogen-bond donors (Lipinski definition) is 1. The number of likely N-dealkylation sites (N-methyl/N-ethyl adjacent to an activating group) is 1. The van der Waals surface area contributed by atoms with Gasteiger partial charge < -0.3 is 5.11 Å². The van der Waals surface area contributed by atoms with Crippen LogP contribution >= 0.6 is 12.4 Å². The van der Waals surface area contributed by atoms with Gasteiger partial charge in [-0.05, 0) is 32.0 Å². The largest absolute Gasteiger partial charge is 0.481 e. The van der Waals surface area contributed by atoms with Gasteiger partial charge in [0.25, 0.3) is 0 Å². The van der Waals surface area contributed by atoms with E-state index in [1.807, 2.05) is 30.3 Å². The number of nitrogens with zero attached hydrogens (tertiary/aromatic N) is 1. The summed E-state index contributed by atoms with van der Waals surface area (Å²) in [6.45, 7) is 10.1. The Kier molecular flexibility index (Phi) is 9.38. The second kappa shape index (κ2) is 9.86. The Morgan fingerprint density at radius 2 is 1.73 bits per heavy atom. The van der Waals surface area contributed by atoms with Gasteiger partial charge in [0.05, 0.1) is 0 Å². The molecule has 4 heteroatoms. The highest BCUT2D eigenvalue weighted by molar-refractivity contribution is 5.85. The van der Waals surface area contributed by atoms with Crippen LogP contribution in [0.3, 0.4) is 0 Å². The van der Waals surface area contributed by atoms with Crippen LogP contribution < -0.4 is 0 Å². The second-order valence-corrected chi connectivity index (χ2v) is 5.64. The molecule has 1 rings (SSSR count). The minimum atomic E-state index is -0.830. The average Bonchev–Trinajstić information content (AvgIpc) is 2.50. The van der Waals surface area contributed by atoms with Crippen molar-refractivity contribution in [1.29, 1.82) is 0 Å². The molecule has 0 aliphatic rings. The smallest absolute Gasteiger partial charge is 0.315 e. The summed E-state index contributed by atoms with van der Waals surface area (Å²) in [7, 11) is 0. The zero-order valence-corrected chi connectivity index (χ0v) is 15.0. The molecule has 0 fully saturated rings. The molecule has 0 saturated heterocycles. The Morgan fingerprint density at radius 3 is 2.14 bits per heavy atom. The Balaban J connectivity index is 0.00000441. The van der Waals surface area contributed by atoms with Gasteiger partial charge in [0, 0.05) is 6.04 Å². The number of carbonyl (C=O) groups is 1. The molecule has 0 aliphatic heterocycles. The lowest BCUT2D eigenvalue weighted by Crippen LogP contribution is -2.53. The van der Waals surface area contributed by atoms with Gasteiger partial charge in [-0.15, -0.1) is 12.4 Å². The predicted molar refractivity (Wildman–Crippen MR) is 94.9 cm³/mol. The van der Waals surface area contributed by atoms with Crippen LogP contribution in [0.25, 0.3) is 0 Å². The fourth-order valence-electron chi connectivity index (χ4n) is 3.28. The van der Waals surface area contributed by atoms with Gasteiger partial charge in [-0.25, -0.2) is 0 Å². The summed E-state index contributed by atoms with van der Waals surface area (Å²) in [5.74, 6) is -0.707. The van der Waals surface area contributed by atoms with E-state index in [-0.39, 0.29) is 18.4 Å². The monoisotopic (exact) mass is 327 g/mol. The van der Waals surface area contributed by atoms with Crippen molar-refractivity contribution in [2.45, 2.75) is 58.4 Å². The van der Waals surface area contributed by atoms with E-state index in [1.54, 1.807) is 0 Å². The zero-order chi connectivity index (χ0) is 15.9. The summed E-state index contributed by atoms with van der Waals surface area (Å²) in [5.41, 5.74) is 0.0916. The molecule has 0 radical (unpaired) electrons. The number of hydrogen-bond acceptors (Lipinski definition) is 2. The maximum atomic E-state index is 12.3. The molecule has 1 aromatic carbocycles. The highest BCUT2D eigenvalue weighted by atomic mass is 35.5. The lowest BCUT2D eigenvalue weighted by molar-refractivity contribution is -0.147. The Hall–Kier alpha value is -1.06. The van der Waals surface area contributed by atoms with Crippen LogP contribution in [0.15, 0.2) is 30.3 Å². The van der Waals surface area contributed by atoms with Crippen LogP contribution in [0.2, 0.25) is 0 Å². The van der Waals surface area contributed by atoms with Gasteiger partial charge in [-0.2, -0.15) is 0 Å². The minimum Gasteiger partial charge on any atom is -0.481 e. The van der Waals surface area contributed by atoms with Gasteiger partial charge in [-0.3, -0.25) is 9.69 Å². The van der Waals surface area contributed by atoms with Gasteiger partial charge >= 0.3 is 5.97 Å². The van der Waals surface area contributed by atoms with Crippen molar-refractivity contribution in [3.8, 4) is 0 Å². The molecule has 3 nitrogen and oxygen atoms in total. The van der Waals surface area contributed by atoms with E-state index in [2.05, 4.69) is 32.6 Å². The molecule has 1 N–H and O–H groups in total. The van der Waals surface area contributed by atoms with Gasteiger partial charge in [-0.1, -0.05) is 63.9 Å². The molecule has 0 amide bonds. The third-order valence-corrected chi connectivity index (χ3v) is 4.67. The lowest BCUT2D eigenvalue weighted by atomic mass is 9.70. The molecule has 1 aromatic rings. The number of aliphatic carboxylic acids is 1. The molecule has 126 valence electrons. The summed E-state index contributed by atoms with van der Waals surface area (Å²) in [4.78, 5) is 14.5. The highest BCUT2D eigenvalue weighted by Gasteiger charge is 2.46. The maximum Gasteiger partial charge on any atom is 0.315 e. The highest BCUT2D eigenvalue weighted by Crippen LogP contribution is 2.36. The molecular formula is C18H30ClNO2. The number of carboxylic acids is 1. The molecule has 0 saturated carbocycles. The van der Waals surface area contributed by atoms with Crippen molar-refractivity contribution in [3.05, 3.63) is 35.9 Å². The lowest BCUT2D eigenvalue weighted by Gasteiger charge is -2.41. The Bertz CT molecular complexity index is 434. The number of benzene rings is 1. The first-order valence-corrected chi connectivity index (χ1v) is 8.07. The molecule has 0 aliphatic carbocycles. The predicted octanol–water partition coefficient (Wildman–Crippen LogP) is 4.35. The number of rotatable bonds is 9.